The third-order valence-electron chi connectivity index (χ3n) is 3.14. The van der Waals surface area contributed by atoms with E-state index < -0.39 is 0 Å². The summed E-state index contributed by atoms with van der Waals surface area (Å²) in [5.74, 6) is 0.510. The third-order valence-corrected chi connectivity index (χ3v) is 3.14. The topological polar surface area (TPSA) is 81.1 Å². The molecule has 22 heavy (non-hydrogen) atoms. The molecule has 0 aliphatic rings. The fourth-order valence-electron chi connectivity index (χ4n) is 2.08. The number of aromatic nitrogens is 3. The van der Waals surface area contributed by atoms with E-state index >= 15 is 0 Å². The summed E-state index contributed by atoms with van der Waals surface area (Å²) in [6, 6.07) is 5.22. The molecule has 0 aromatic carbocycles. The minimum absolute atomic E-state index is 0.250. The summed E-state index contributed by atoms with van der Waals surface area (Å²) in [5.41, 5.74) is 2.76. The molecule has 0 aliphatic heterocycles. The van der Waals surface area contributed by atoms with Gasteiger partial charge in [-0.05, 0) is 32.4 Å². The summed E-state index contributed by atoms with van der Waals surface area (Å²) < 4.78 is 6.91. The second-order valence-corrected chi connectivity index (χ2v) is 4.97. The van der Waals surface area contributed by atoms with E-state index in [-0.39, 0.29) is 6.03 Å². The molecule has 0 radical (unpaired) electrons. The Hall–Kier alpha value is -2.57. The molecule has 0 fully saturated rings. The Labute approximate surface area is 129 Å². The van der Waals surface area contributed by atoms with Gasteiger partial charge in [-0.25, -0.2) is 9.78 Å². The van der Waals surface area contributed by atoms with Crippen molar-refractivity contribution in [2.24, 2.45) is 0 Å². The number of nitrogens with one attached hydrogen (secondary N) is 2. The number of urea groups is 1. The van der Waals surface area contributed by atoms with Crippen LogP contribution >= 0.6 is 0 Å². The number of aryl methyl sites for hydroxylation is 3. The summed E-state index contributed by atoms with van der Waals surface area (Å²) in [5, 5.41) is 9.90. The van der Waals surface area contributed by atoms with Gasteiger partial charge in [0.15, 0.2) is 0 Å². The van der Waals surface area contributed by atoms with Gasteiger partial charge >= 0.3 is 6.03 Å². The van der Waals surface area contributed by atoms with Gasteiger partial charge in [-0.15, -0.1) is 0 Å². The Bertz CT molecular complexity index is 621. The van der Waals surface area contributed by atoms with Crippen LogP contribution in [-0.2, 0) is 6.54 Å². The van der Waals surface area contributed by atoms with Crippen LogP contribution < -0.4 is 15.4 Å². The van der Waals surface area contributed by atoms with Crippen LogP contribution in [0.2, 0.25) is 0 Å². The summed E-state index contributed by atoms with van der Waals surface area (Å²) in [4.78, 5) is 15.8. The van der Waals surface area contributed by atoms with Crippen molar-refractivity contribution < 1.29 is 9.53 Å². The first-order chi connectivity index (χ1) is 10.6. The molecule has 0 saturated heterocycles. The highest BCUT2D eigenvalue weighted by Gasteiger charge is 2.03. The molecule has 2 amide bonds. The lowest BCUT2D eigenvalue weighted by Gasteiger charge is -2.08. The number of pyridine rings is 1. The van der Waals surface area contributed by atoms with Crippen LogP contribution in [0.5, 0.6) is 5.88 Å². The fraction of sp³-hybridized carbons (Fsp3) is 0.400. The average Bonchev–Trinajstić information content (AvgIpc) is 2.82. The number of rotatable bonds is 6. The zero-order chi connectivity index (χ0) is 15.9. The second-order valence-electron chi connectivity index (χ2n) is 4.97. The normalized spacial score (nSPS) is 10.3. The standard InChI is InChI=1S/C15H21N5O2/c1-11-9-12(2)20(19-11)8-4-7-16-15(21)18-13-5-6-14(22-3)17-10-13/h5-6,9-10H,4,7-8H2,1-3H3,(H2,16,18,21). The lowest BCUT2D eigenvalue weighted by molar-refractivity contribution is 0.251. The van der Waals surface area contributed by atoms with E-state index in [2.05, 4.69) is 20.7 Å². The Kier molecular flexibility index (Phi) is 5.35. The van der Waals surface area contributed by atoms with Crippen LogP contribution in [-0.4, -0.2) is 34.5 Å². The maximum atomic E-state index is 11.7. The van der Waals surface area contributed by atoms with E-state index in [0.29, 0.717) is 18.1 Å². The van der Waals surface area contributed by atoms with E-state index in [1.54, 1.807) is 25.4 Å². The average molecular weight is 303 g/mol. The summed E-state index contributed by atoms with van der Waals surface area (Å²) in [6.07, 6.45) is 2.37. The molecule has 2 rings (SSSR count). The van der Waals surface area contributed by atoms with Gasteiger partial charge in [0.05, 0.1) is 24.7 Å². The maximum Gasteiger partial charge on any atom is 0.319 e. The molecule has 0 unspecified atom stereocenters. The van der Waals surface area contributed by atoms with Crippen LogP contribution in [0, 0.1) is 13.8 Å². The van der Waals surface area contributed by atoms with Crippen molar-refractivity contribution in [1.29, 1.82) is 0 Å². The van der Waals surface area contributed by atoms with Crippen LogP contribution in [0.25, 0.3) is 0 Å². The molecule has 0 atom stereocenters. The molecule has 2 heterocycles. The quantitative estimate of drug-likeness (QED) is 0.801. The van der Waals surface area contributed by atoms with E-state index in [1.165, 1.54) is 0 Å². The minimum atomic E-state index is -0.250. The third kappa shape index (κ3) is 4.47. The summed E-state index contributed by atoms with van der Waals surface area (Å²) in [7, 11) is 1.55. The molecular formula is C15H21N5O2. The van der Waals surface area contributed by atoms with Gasteiger partial charge in [0.2, 0.25) is 5.88 Å². The smallest absolute Gasteiger partial charge is 0.319 e. The van der Waals surface area contributed by atoms with E-state index in [0.717, 1.165) is 24.4 Å². The highest BCUT2D eigenvalue weighted by Crippen LogP contribution is 2.10. The van der Waals surface area contributed by atoms with Crippen LogP contribution in [0.3, 0.4) is 0 Å². The molecule has 7 nitrogen and oxygen atoms in total. The van der Waals surface area contributed by atoms with Gasteiger partial charge in [-0.3, -0.25) is 4.68 Å². The molecule has 7 heteroatoms. The molecule has 2 aromatic rings. The zero-order valence-electron chi connectivity index (χ0n) is 13.1. The van der Waals surface area contributed by atoms with Crippen molar-refractivity contribution in [3.8, 4) is 5.88 Å². The first kappa shape index (κ1) is 15.8. The predicted molar refractivity (Wildman–Crippen MR) is 84.1 cm³/mol. The number of nitrogens with zero attached hydrogens (tertiary/aromatic N) is 3. The number of carbonyl (C=O) groups is 1. The van der Waals surface area contributed by atoms with Crippen molar-refractivity contribution in [3.63, 3.8) is 0 Å². The Morgan fingerprint density at radius 1 is 1.36 bits per heavy atom. The van der Waals surface area contributed by atoms with Crippen LogP contribution in [0.1, 0.15) is 17.8 Å². The Balaban J connectivity index is 1.70. The van der Waals surface area contributed by atoms with E-state index in [9.17, 15) is 4.79 Å². The van der Waals surface area contributed by atoms with Gasteiger partial charge in [-0.1, -0.05) is 0 Å². The Morgan fingerprint density at radius 2 is 2.18 bits per heavy atom. The molecule has 118 valence electrons. The largest absolute Gasteiger partial charge is 0.481 e. The predicted octanol–water partition coefficient (Wildman–Crippen LogP) is 2.12. The zero-order valence-corrected chi connectivity index (χ0v) is 13.1. The van der Waals surface area contributed by atoms with Crippen molar-refractivity contribution in [3.05, 3.63) is 35.8 Å². The summed E-state index contributed by atoms with van der Waals surface area (Å²) in [6.45, 7) is 5.35. The molecule has 2 N–H and O–H groups in total. The molecule has 2 aromatic heterocycles. The monoisotopic (exact) mass is 303 g/mol. The van der Waals surface area contributed by atoms with Gasteiger partial charge in [-0.2, -0.15) is 5.10 Å². The molecule has 0 saturated carbocycles. The van der Waals surface area contributed by atoms with Gasteiger partial charge in [0, 0.05) is 24.8 Å². The van der Waals surface area contributed by atoms with Crippen molar-refractivity contribution >= 4 is 11.7 Å². The van der Waals surface area contributed by atoms with Gasteiger partial charge < -0.3 is 15.4 Å². The first-order valence-electron chi connectivity index (χ1n) is 7.14. The number of anilines is 1. The molecule has 0 spiro atoms. The highest BCUT2D eigenvalue weighted by molar-refractivity contribution is 5.88. The minimum Gasteiger partial charge on any atom is -0.481 e. The van der Waals surface area contributed by atoms with E-state index in [1.807, 2.05) is 24.6 Å². The number of ether oxygens (including phenoxy) is 1. The van der Waals surface area contributed by atoms with Crippen molar-refractivity contribution in [2.45, 2.75) is 26.8 Å². The first-order valence-corrected chi connectivity index (χ1v) is 7.14. The maximum absolute atomic E-state index is 11.7. The molecule has 0 bridgehead atoms. The number of hydrogen-bond acceptors (Lipinski definition) is 4. The fourth-order valence-corrected chi connectivity index (χ4v) is 2.08. The number of carbonyl (C=O) groups excluding carboxylic acids is 1. The molecular weight excluding hydrogens is 282 g/mol. The van der Waals surface area contributed by atoms with Crippen LogP contribution in [0.15, 0.2) is 24.4 Å². The van der Waals surface area contributed by atoms with Gasteiger partial charge in [0.1, 0.15) is 0 Å². The highest BCUT2D eigenvalue weighted by atomic mass is 16.5. The lowest BCUT2D eigenvalue weighted by Crippen LogP contribution is -2.30. The van der Waals surface area contributed by atoms with Crippen LogP contribution in [0.4, 0.5) is 10.5 Å². The number of amides is 2. The van der Waals surface area contributed by atoms with Crippen molar-refractivity contribution in [2.75, 3.05) is 19.0 Å². The van der Waals surface area contributed by atoms with Gasteiger partial charge in [0.25, 0.3) is 0 Å². The number of methoxy groups -OCH3 is 1. The number of hydrogen-bond donors (Lipinski definition) is 2. The lowest BCUT2D eigenvalue weighted by atomic mass is 10.4. The van der Waals surface area contributed by atoms with Crippen molar-refractivity contribution in [1.82, 2.24) is 20.1 Å². The molecule has 0 aliphatic carbocycles. The second kappa shape index (κ2) is 7.44. The summed E-state index contributed by atoms with van der Waals surface area (Å²) >= 11 is 0. The Morgan fingerprint density at radius 3 is 2.77 bits per heavy atom. The SMILES string of the molecule is COc1ccc(NC(=O)NCCCn2nc(C)cc2C)cn1. The van der Waals surface area contributed by atoms with E-state index in [4.69, 9.17) is 4.74 Å².